The summed E-state index contributed by atoms with van der Waals surface area (Å²) >= 11 is 0. The summed E-state index contributed by atoms with van der Waals surface area (Å²) in [5, 5.41) is 0. The van der Waals surface area contributed by atoms with E-state index >= 15 is 0 Å². The van der Waals surface area contributed by atoms with Gasteiger partial charge in [-0.05, 0) is 27.7 Å². The van der Waals surface area contributed by atoms with E-state index < -0.39 is 0 Å². The lowest BCUT2D eigenvalue weighted by Gasteiger charge is -1.91. The largest absolute Gasteiger partial charge is 0.473 e. The smallest absolute Gasteiger partial charge is 0.322 e. The van der Waals surface area contributed by atoms with Crippen molar-refractivity contribution in [1.29, 1.82) is 0 Å². The van der Waals surface area contributed by atoms with Crippen molar-refractivity contribution in [3.8, 4) is 0 Å². The van der Waals surface area contributed by atoms with Crippen molar-refractivity contribution in [3.05, 3.63) is 0 Å². The van der Waals surface area contributed by atoms with Gasteiger partial charge < -0.3 is 9.16 Å². The third-order valence-corrected chi connectivity index (χ3v) is 0.655. The van der Waals surface area contributed by atoms with Crippen LogP contribution in [0.2, 0.25) is 0 Å². The molecule has 54 valence electrons. The Bertz CT molecular complexity index is 84.9. The first-order valence-corrected chi connectivity index (χ1v) is 3.25. The molecule has 0 aliphatic carbocycles. The van der Waals surface area contributed by atoms with Crippen molar-refractivity contribution in [2.45, 2.75) is 39.9 Å². The van der Waals surface area contributed by atoms with Crippen molar-refractivity contribution in [3.63, 3.8) is 0 Å². The van der Waals surface area contributed by atoms with E-state index in [0.717, 1.165) is 0 Å². The molecule has 0 fully saturated rings. The fourth-order valence-electron chi connectivity index (χ4n) is 0.254. The first-order chi connectivity index (χ1) is 4.13. The highest BCUT2D eigenvalue weighted by molar-refractivity contribution is 5.38. The number of ether oxygens (including phenoxy) is 1. The highest BCUT2D eigenvalue weighted by atomic mass is 16.6. The predicted octanol–water partition coefficient (Wildman–Crippen LogP) is 1.51. The maximum atomic E-state index is 5.01. The van der Waals surface area contributed by atoms with Gasteiger partial charge in [-0.2, -0.15) is 0 Å². The fourth-order valence-corrected chi connectivity index (χ4v) is 0.254. The zero-order valence-electron chi connectivity index (χ0n) is 6.55. The van der Waals surface area contributed by atoms with Crippen molar-refractivity contribution in [1.82, 2.24) is 0 Å². The van der Waals surface area contributed by atoms with E-state index in [1.807, 2.05) is 27.7 Å². The molecular weight excluding hydrogens is 116 g/mol. The standard InChI is InChI=1S/C7H15O2/c1-6(2)8-5-9-7(3)4/h5-7H,1-4H3/q+1. The van der Waals surface area contributed by atoms with E-state index in [4.69, 9.17) is 9.16 Å². The maximum Gasteiger partial charge on any atom is 0.473 e. The number of hydrogen-bond donors (Lipinski definition) is 0. The van der Waals surface area contributed by atoms with Crippen molar-refractivity contribution >= 4 is 6.47 Å². The molecule has 0 spiro atoms. The van der Waals surface area contributed by atoms with Crippen LogP contribution in [0.25, 0.3) is 0 Å². The molecule has 0 aromatic heterocycles. The normalized spacial score (nSPS) is 11.8. The summed E-state index contributed by atoms with van der Waals surface area (Å²) in [5.74, 6) is 0. The van der Waals surface area contributed by atoms with Crippen LogP contribution in [0, 0.1) is 0 Å². The van der Waals surface area contributed by atoms with Gasteiger partial charge in [-0.15, -0.1) is 0 Å². The van der Waals surface area contributed by atoms with Gasteiger partial charge in [0.15, 0.2) is 12.2 Å². The van der Waals surface area contributed by atoms with Gasteiger partial charge in [-0.25, -0.2) is 0 Å². The van der Waals surface area contributed by atoms with E-state index in [0.29, 0.717) is 0 Å². The molecule has 2 nitrogen and oxygen atoms in total. The minimum absolute atomic E-state index is 0.212. The topological polar surface area (TPSA) is 20.5 Å². The summed E-state index contributed by atoms with van der Waals surface area (Å²) in [7, 11) is 0. The zero-order chi connectivity index (χ0) is 7.28. The molecule has 0 unspecified atom stereocenters. The van der Waals surface area contributed by atoms with Gasteiger partial charge in [0, 0.05) is 0 Å². The second kappa shape index (κ2) is 4.36. The monoisotopic (exact) mass is 131 g/mol. The molecule has 0 N–H and O–H groups in total. The van der Waals surface area contributed by atoms with Gasteiger partial charge >= 0.3 is 6.47 Å². The minimum Gasteiger partial charge on any atom is -0.322 e. The summed E-state index contributed by atoms with van der Waals surface area (Å²) in [5.41, 5.74) is 0. The van der Waals surface area contributed by atoms with Gasteiger partial charge in [0.25, 0.3) is 0 Å². The van der Waals surface area contributed by atoms with E-state index in [-0.39, 0.29) is 12.2 Å². The molecule has 0 heterocycles. The Labute approximate surface area is 56.5 Å². The Morgan fingerprint density at radius 3 is 2.11 bits per heavy atom. The molecule has 0 aliphatic rings. The lowest BCUT2D eigenvalue weighted by molar-refractivity contribution is -0.497. The lowest BCUT2D eigenvalue weighted by Crippen LogP contribution is -2.04. The van der Waals surface area contributed by atoms with Crippen LogP contribution in [0.15, 0.2) is 0 Å². The highest BCUT2D eigenvalue weighted by Crippen LogP contribution is 1.83. The second-order valence-electron chi connectivity index (χ2n) is 2.47. The van der Waals surface area contributed by atoms with Gasteiger partial charge in [-0.1, -0.05) is 0 Å². The number of carbonyl (C=O) groups excluding carboxylic acids is 1. The molecule has 0 aromatic carbocycles. The first kappa shape index (κ1) is 8.47. The molecule has 0 aliphatic heterocycles. The summed E-state index contributed by atoms with van der Waals surface area (Å²) in [6, 6.07) is 0. The Morgan fingerprint density at radius 1 is 1.22 bits per heavy atom. The van der Waals surface area contributed by atoms with Crippen LogP contribution in [0.4, 0.5) is 0 Å². The Hall–Kier alpha value is -0.530. The fraction of sp³-hybridized carbons (Fsp3) is 0.857. The Morgan fingerprint density at radius 2 is 1.78 bits per heavy atom. The predicted molar refractivity (Wildman–Crippen MR) is 37.4 cm³/mol. The van der Waals surface area contributed by atoms with Crippen LogP contribution in [0.5, 0.6) is 0 Å². The molecule has 0 bridgehead atoms. The second-order valence-corrected chi connectivity index (χ2v) is 2.47. The van der Waals surface area contributed by atoms with Crippen LogP contribution in [0.3, 0.4) is 0 Å². The van der Waals surface area contributed by atoms with Crippen LogP contribution in [0.1, 0.15) is 27.7 Å². The number of rotatable bonds is 3. The first-order valence-electron chi connectivity index (χ1n) is 3.25. The summed E-state index contributed by atoms with van der Waals surface area (Å²) in [6.07, 6.45) is 0.424. The summed E-state index contributed by atoms with van der Waals surface area (Å²) in [4.78, 5) is 0. The molecule has 0 saturated heterocycles. The third kappa shape index (κ3) is 7.47. The third-order valence-electron chi connectivity index (χ3n) is 0.655. The van der Waals surface area contributed by atoms with Crippen LogP contribution in [-0.4, -0.2) is 18.7 Å². The quantitative estimate of drug-likeness (QED) is 0.420. The Balaban J connectivity index is 3.25. The maximum absolute atomic E-state index is 5.01. The average molecular weight is 131 g/mol. The Kier molecular flexibility index (Phi) is 4.10. The summed E-state index contributed by atoms with van der Waals surface area (Å²) in [6.45, 7) is 9.23. The molecule has 9 heavy (non-hydrogen) atoms. The van der Waals surface area contributed by atoms with E-state index in [1.54, 1.807) is 0 Å². The van der Waals surface area contributed by atoms with Crippen LogP contribution in [-0.2, 0) is 9.16 Å². The van der Waals surface area contributed by atoms with Gasteiger partial charge in [0.05, 0.1) is 0 Å². The molecule has 0 rings (SSSR count). The minimum atomic E-state index is 0.212. The van der Waals surface area contributed by atoms with Gasteiger partial charge in [0.1, 0.15) is 0 Å². The number of hydrogen-bond acceptors (Lipinski definition) is 1. The molecule has 0 saturated carbocycles. The molecule has 2 heteroatoms. The lowest BCUT2D eigenvalue weighted by atomic mass is 10.5. The van der Waals surface area contributed by atoms with Crippen LogP contribution >= 0.6 is 0 Å². The van der Waals surface area contributed by atoms with E-state index in [1.165, 1.54) is 6.47 Å². The van der Waals surface area contributed by atoms with Crippen molar-refractivity contribution in [2.75, 3.05) is 0 Å². The van der Waals surface area contributed by atoms with Crippen molar-refractivity contribution < 1.29 is 9.16 Å². The van der Waals surface area contributed by atoms with E-state index in [9.17, 15) is 0 Å². The van der Waals surface area contributed by atoms with Crippen molar-refractivity contribution in [2.24, 2.45) is 0 Å². The van der Waals surface area contributed by atoms with E-state index in [2.05, 4.69) is 0 Å². The molecule has 0 aromatic rings. The van der Waals surface area contributed by atoms with Gasteiger partial charge in [0.2, 0.25) is 0 Å². The van der Waals surface area contributed by atoms with Crippen LogP contribution < -0.4 is 0 Å². The molecule has 0 atom stereocenters. The molecule has 0 radical (unpaired) electrons. The zero-order valence-corrected chi connectivity index (χ0v) is 6.55. The summed E-state index contributed by atoms with van der Waals surface area (Å²) < 4.78 is 10.0. The van der Waals surface area contributed by atoms with Gasteiger partial charge in [-0.3, -0.25) is 0 Å². The molecular formula is C7H15O2+. The highest BCUT2D eigenvalue weighted by Gasteiger charge is 1.98. The average Bonchev–Trinajstić information content (AvgIpc) is 1.63. The SMILES string of the molecule is CC(C)OC=[O+]C(C)C. The molecule has 0 amide bonds.